The van der Waals surface area contributed by atoms with Crippen LogP contribution in [-0.4, -0.2) is 23.3 Å². The fourth-order valence-electron chi connectivity index (χ4n) is 4.23. The number of aliphatic hydroxyl groups is 1. The lowest BCUT2D eigenvalue weighted by molar-refractivity contribution is -0.158. The van der Waals surface area contributed by atoms with Crippen molar-refractivity contribution in [2.45, 2.75) is 52.1 Å². The SMILES string of the molecule is CC1(C)CCCC2(C)C1CC=C(C=O)C2(O)C=O. The fourth-order valence-corrected chi connectivity index (χ4v) is 4.23. The van der Waals surface area contributed by atoms with Crippen molar-refractivity contribution in [2.75, 3.05) is 0 Å². The van der Waals surface area contributed by atoms with Crippen LogP contribution in [0.3, 0.4) is 0 Å². The van der Waals surface area contributed by atoms with E-state index in [0.717, 1.165) is 25.7 Å². The number of allylic oxidation sites excluding steroid dienone is 1. The molecule has 2 rings (SSSR count). The summed E-state index contributed by atoms with van der Waals surface area (Å²) in [5.41, 5.74) is -1.81. The van der Waals surface area contributed by atoms with Crippen molar-refractivity contribution in [3.05, 3.63) is 11.6 Å². The van der Waals surface area contributed by atoms with Crippen molar-refractivity contribution in [2.24, 2.45) is 16.7 Å². The highest BCUT2D eigenvalue weighted by atomic mass is 16.3. The van der Waals surface area contributed by atoms with Crippen LogP contribution >= 0.6 is 0 Å². The standard InChI is InChI=1S/C15H22O3/c1-13(2)7-4-8-14(3)12(13)6-5-11(9-16)15(14,18)10-17/h5,9-10,12,18H,4,6-8H2,1-3H3. The van der Waals surface area contributed by atoms with E-state index < -0.39 is 11.0 Å². The molecule has 0 saturated heterocycles. The van der Waals surface area contributed by atoms with E-state index in [1.165, 1.54) is 0 Å². The molecule has 0 aromatic carbocycles. The molecule has 2 aliphatic carbocycles. The average Bonchev–Trinajstić information content (AvgIpc) is 2.31. The van der Waals surface area contributed by atoms with E-state index >= 15 is 0 Å². The molecule has 0 aliphatic heterocycles. The van der Waals surface area contributed by atoms with Gasteiger partial charge in [0.1, 0.15) is 6.29 Å². The maximum Gasteiger partial charge on any atom is 0.156 e. The zero-order chi connectivity index (χ0) is 13.6. The summed E-state index contributed by atoms with van der Waals surface area (Å²) in [5, 5.41) is 10.8. The summed E-state index contributed by atoms with van der Waals surface area (Å²) in [6.45, 7) is 6.35. The van der Waals surface area contributed by atoms with E-state index in [9.17, 15) is 14.7 Å². The van der Waals surface area contributed by atoms with E-state index in [-0.39, 0.29) is 16.9 Å². The van der Waals surface area contributed by atoms with E-state index in [1.54, 1.807) is 6.08 Å². The number of hydrogen-bond acceptors (Lipinski definition) is 3. The number of hydrogen-bond donors (Lipinski definition) is 1. The number of carbonyl (C=O) groups is 2. The van der Waals surface area contributed by atoms with E-state index in [0.29, 0.717) is 12.6 Å². The van der Waals surface area contributed by atoms with Crippen LogP contribution in [0.1, 0.15) is 46.5 Å². The van der Waals surface area contributed by atoms with Gasteiger partial charge in [-0.05, 0) is 30.6 Å². The van der Waals surface area contributed by atoms with Gasteiger partial charge < -0.3 is 5.11 Å². The molecule has 1 N–H and O–H groups in total. The van der Waals surface area contributed by atoms with Crippen LogP contribution < -0.4 is 0 Å². The zero-order valence-corrected chi connectivity index (χ0v) is 11.4. The van der Waals surface area contributed by atoms with Crippen LogP contribution in [0.4, 0.5) is 0 Å². The average molecular weight is 250 g/mol. The normalized spacial score (nSPS) is 42.7. The van der Waals surface area contributed by atoms with Gasteiger partial charge in [0.2, 0.25) is 0 Å². The number of carbonyl (C=O) groups excluding carboxylic acids is 2. The van der Waals surface area contributed by atoms with Crippen molar-refractivity contribution in [1.82, 2.24) is 0 Å². The second kappa shape index (κ2) is 4.02. The van der Waals surface area contributed by atoms with Gasteiger partial charge in [0.25, 0.3) is 0 Å². The maximum absolute atomic E-state index is 11.5. The summed E-state index contributed by atoms with van der Waals surface area (Å²) in [5.74, 6) is 0.234. The van der Waals surface area contributed by atoms with Crippen molar-refractivity contribution < 1.29 is 14.7 Å². The molecule has 0 amide bonds. The Bertz CT molecular complexity index is 410. The topological polar surface area (TPSA) is 54.4 Å². The minimum Gasteiger partial charge on any atom is -0.377 e. The predicted octanol–water partition coefficient (Wildman–Crippen LogP) is 2.28. The van der Waals surface area contributed by atoms with Gasteiger partial charge in [0.15, 0.2) is 11.9 Å². The molecule has 0 spiro atoms. The van der Waals surface area contributed by atoms with Crippen LogP contribution in [0.5, 0.6) is 0 Å². The van der Waals surface area contributed by atoms with Crippen molar-refractivity contribution in [3.8, 4) is 0 Å². The smallest absolute Gasteiger partial charge is 0.156 e. The first kappa shape index (κ1) is 13.5. The Hall–Kier alpha value is -0.960. The maximum atomic E-state index is 11.5. The van der Waals surface area contributed by atoms with Gasteiger partial charge in [-0.1, -0.05) is 33.3 Å². The first-order valence-electron chi connectivity index (χ1n) is 6.66. The van der Waals surface area contributed by atoms with E-state index in [1.807, 2.05) is 6.92 Å². The van der Waals surface area contributed by atoms with Crippen molar-refractivity contribution >= 4 is 12.6 Å². The first-order chi connectivity index (χ1) is 8.32. The highest BCUT2D eigenvalue weighted by Gasteiger charge is 2.60. The Kier molecular flexibility index (Phi) is 3.01. The third-order valence-corrected chi connectivity index (χ3v) is 5.41. The zero-order valence-electron chi connectivity index (χ0n) is 11.4. The van der Waals surface area contributed by atoms with Crippen LogP contribution in [0.15, 0.2) is 11.6 Å². The summed E-state index contributed by atoms with van der Waals surface area (Å²) in [4.78, 5) is 22.6. The van der Waals surface area contributed by atoms with Crippen LogP contribution in [-0.2, 0) is 9.59 Å². The molecule has 2 aliphatic rings. The number of aldehydes is 2. The second-order valence-corrected chi connectivity index (χ2v) is 6.71. The Labute approximate surface area is 108 Å². The van der Waals surface area contributed by atoms with Gasteiger partial charge in [-0.15, -0.1) is 0 Å². The molecule has 1 fully saturated rings. The highest BCUT2D eigenvalue weighted by molar-refractivity contribution is 5.88. The molecule has 18 heavy (non-hydrogen) atoms. The van der Waals surface area contributed by atoms with Gasteiger partial charge in [-0.25, -0.2) is 0 Å². The van der Waals surface area contributed by atoms with Crippen LogP contribution in [0, 0.1) is 16.7 Å². The first-order valence-corrected chi connectivity index (χ1v) is 6.66. The Balaban J connectivity index is 2.57. The second-order valence-electron chi connectivity index (χ2n) is 6.71. The Morgan fingerprint density at radius 2 is 1.94 bits per heavy atom. The summed E-state index contributed by atoms with van der Waals surface area (Å²) < 4.78 is 0. The van der Waals surface area contributed by atoms with Gasteiger partial charge in [-0.2, -0.15) is 0 Å². The minimum absolute atomic E-state index is 0.0922. The number of fused-ring (bicyclic) bond motifs is 1. The monoisotopic (exact) mass is 250 g/mol. The molecule has 3 atom stereocenters. The van der Waals surface area contributed by atoms with Crippen LogP contribution in [0.25, 0.3) is 0 Å². The summed E-state index contributed by atoms with van der Waals surface area (Å²) in [6, 6.07) is 0. The molecule has 3 nitrogen and oxygen atoms in total. The molecule has 1 saturated carbocycles. The largest absolute Gasteiger partial charge is 0.377 e. The van der Waals surface area contributed by atoms with Gasteiger partial charge in [0.05, 0.1) is 0 Å². The molecule has 0 bridgehead atoms. The fraction of sp³-hybridized carbons (Fsp3) is 0.733. The predicted molar refractivity (Wildman–Crippen MR) is 69.0 cm³/mol. The van der Waals surface area contributed by atoms with Crippen molar-refractivity contribution in [3.63, 3.8) is 0 Å². The summed E-state index contributed by atoms with van der Waals surface area (Å²) in [6.07, 6.45) is 6.61. The van der Waals surface area contributed by atoms with Gasteiger partial charge in [-0.3, -0.25) is 9.59 Å². The van der Waals surface area contributed by atoms with E-state index in [2.05, 4.69) is 13.8 Å². The molecule has 0 aromatic heterocycles. The molecule has 0 aromatic rings. The highest BCUT2D eigenvalue weighted by Crippen LogP contribution is 2.60. The van der Waals surface area contributed by atoms with Gasteiger partial charge in [0, 0.05) is 11.0 Å². The molecule has 100 valence electrons. The lowest BCUT2D eigenvalue weighted by Gasteiger charge is -2.58. The molecule has 3 heteroatoms. The number of rotatable bonds is 2. The molecule has 0 radical (unpaired) electrons. The lowest BCUT2D eigenvalue weighted by Crippen LogP contribution is -2.60. The van der Waals surface area contributed by atoms with Crippen molar-refractivity contribution in [1.29, 1.82) is 0 Å². The quantitative estimate of drug-likeness (QED) is 0.765. The molecular weight excluding hydrogens is 228 g/mol. The Morgan fingerprint density at radius 1 is 1.28 bits per heavy atom. The minimum atomic E-state index is -1.62. The molecular formula is C15H22O3. The lowest BCUT2D eigenvalue weighted by atomic mass is 9.47. The Morgan fingerprint density at radius 3 is 2.50 bits per heavy atom. The van der Waals surface area contributed by atoms with Crippen LogP contribution in [0.2, 0.25) is 0 Å². The molecule has 3 unspecified atom stereocenters. The summed E-state index contributed by atoms with van der Waals surface area (Å²) in [7, 11) is 0. The third kappa shape index (κ3) is 1.53. The molecule has 0 heterocycles. The third-order valence-electron chi connectivity index (χ3n) is 5.41. The van der Waals surface area contributed by atoms with Gasteiger partial charge >= 0.3 is 0 Å². The summed E-state index contributed by atoms with van der Waals surface area (Å²) >= 11 is 0. The van der Waals surface area contributed by atoms with E-state index in [4.69, 9.17) is 0 Å².